The van der Waals surface area contributed by atoms with E-state index < -0.39 is 17.3 Å². The van der Waals surface area contributed by atoms with Crippen molar-refractivity contribution in [3.8, 4) is 28.3 Å². The third-order valence-corrected chi connectivity index (χ3v) is 5.98. The van der Waals surface area contributed by atoms with E-state index in [1.807, 2.05) is 31.2 Å². The fourth-order valence-electron chi connectivity index (χ4n) is 4.09. The summed E-state index contributed by atoms with van der Waals surface area (Å²) in [6.07, 6.45) is 1.65. The summed E-state index contributed by atoms with van der Waals surface area (Å²) < 4.78 is 33.2. The van der Waals surface area contributed by atoms with Gasteiger partial charge in [-0.2, -0.15) is 0 Å². The molecule has 5 aromatic rings. The van der Waals surface area contributed by atoms with Crippen LogP contribution in [0.25, 0.3) is 33.4 Å². The zero-order valence-electron chi connectivity index (χ0n) is 20.9. The Bertz CT molecular complexity index is 1650. The molecular formula is C29H25F2N5O3. The number of nitrogens with one attached hydrogen (secondary N) is 2. The predicted octanol–water partition coefficient (Wildman–Crippen LogP) is 5.61. The van der Waals surface area contributed by atoms with Crippen molar-refractivity contribution in [3.05, 3.63) is 95.9 Å². The fraction of sp³-hybridized carbons (Fsp3) is 0.138. The first kappa shape index (κ1) is 25.8. The Hall–Kier alpha value is -4.83. The maximum absolute atomic E-state index is 13.8. The van der Waals surface area contributed by atoms with Gasteiger partial charge in [0.1, 0.15) is 29.8 Å². The molecule has 0 amide bonds. The summed E-state index contributed by atoms with van der Waals surface area (Å²) in [5.41, 5.74) is 9.40. The molecule has 10 heteroatoms. The van der Waals surface area contributed by atoms with Crippen molar-refractivity contribution in [1.82, 2.24) is 15.0 Å². The largest absolute Gasteiger partial charge is 0.490 e. The zero-order valence-corrected chi connectivity index (χ0v) is 20.9. The second kappa shape index (κ2) is 10.9. The number of carboxylic acid groups (broad SMARTS) is 1. The van der Waals surface area contributed by atoms with Gasteiger partial charge >= 0.3 is 5.97 Å². The number of halogens is 2. The number of carbonyl (C=O) groups is 1. The monoisotopic (exact) mass is 529 g/mol. The molecule has 5 rings (SSSR count). The number of hydrogen-bond acceptors (Lipinski definition) is 6. The molecule has 2 aromatic heterocycles. The maximum Gasteiger partial charge on any atom is 0.338 e. The van der Waals surface area contributed by atoms with Gasteiger partial charge in [-0.25, -0.2) is 18.6 Å². The van der Waals surface area contributed by atoms with Gasteiger partial charge in [0.25, 0.3) is 0 Å². The van der Waals surface area contributed by atoms with Gasteiger partial charge in [-0.15, -0.1) is 0 Å². The highest BCUT2D eigenvalue weighted by Gasteiger charge is 2.16. The van der Waals surface area contributed by atoms with Gasteiger partial charge in [0.05, 0.1) is 35.2 Å². The first-order valence-corrected chi connectivity index (χ1v) is 12.2. The van der Waals surface area contributed by atoms with Crippen LogP contribution in [-0.4, -0.2) is 38.7 Å². The number of hydrogen-bond donors (Lipinski definition) is 4. The molecule has 0 spiro atoms. The highest BCUT2D eigenvalue weighted by atomic mass is 19.1. The lowest BCUT2D eigenvalue weighted by atomic mass is 10.0. The molecule has 8 nitrogen and oxygen atoms in total. The van der Waals surface area contributed by atoms with E-state index in [0.29, 0.717) is 40.8 Å². The van der Waals surface area contributed by atoms with Crippen molar-refractivity contribution < 1.29 is 23.4 Å². The van der Waals surface area contributed by atoms with Gasteiger partial charge in [-0.1, -0.05) is 6.07 Å². The highest BCUT2D eigenvalue weighted by Crippen LogP contribution is 2.33. The van der Waals surface area contributed by atoms with Crippen LogP contribution in [-0.2, 0) is 6.54 Å². The number of ether oxygens (including phenoxy) is 1. The predicted molar refractivity (Wildman–Crippen MR) is 145 cm³/mol. The van der Waals surface area contributed by atoms with Gasteiger partial charge < -0.3 is 25.9 Å². The van der Waals surface area contributed by atoms with E-state index in [0.717, 1.165) is 22.5 Å². The number of H-pyrrole nitrogens is 1. The van der Waals surface area contributed by atoms with Gasteiger partial charge in [0.15, 0.2) is 0 Å². The third-order valence-electron chi connectivity index (χ3n) is 5.98. The van der Waals surface area contributed by atoms with Crippen LogP contribution in [0, 0.1) is 11.6 Å². The number of pyridine rings is 1. The molecule has 5 N–H and O–H groups in total. The number of nitrogens with zero attached hydrogens (tertiary/aromatic N) is 2. The molecule has 3 aromatic carbocycles. The zero-order chi connectivity index (χ0) is 27.5. The van der Waals surface area contributed by atoms with E-state index in [-0.39, 0.29) is 18.4 Å². The van der Waals surface area contributed by atoms with E-state index in [9.17, 15) is 18.7 Å². The van der Waals surface area contributed by atoms with Crippen LogP contribution in [0.2, 0.25) is 0 Å². The highest BCUT2D eigenvalue weighted by molar-refractivity contribution is 5.89. The lowest BCUT2D eigenvalue weighted by molar-refractivity contribution is 0.0692. The summed E-state index contributed by atoms with van der Waals surface area (Å²) in [5.74, 6) is -1.39. The summed E-state index contributed by atoms with van der Waals surface area (Å²) in [5, 5.41) is 13.1. The Morgan fingerprint density at radius 3 is 2.59 bits per heavy atom. The Balaban J connectivity index is 1.50. The summed E-state index contributed by atoms with van der Waals surface area (Å²) in [6, 6.07) is 17.3. The van der Waals surface area contributed by atoms with Crippen LogP contribution in [0.5, 0.6) is 5.75 Å². The smallest absolute Gasteiger partial charge is 0.338 e. The van der Waals surface area contributed by atoms with E-state index in [2.05, 4.69) is 15.3 Å². The first-order valence-electron chi connectivity index (χ1n) is 12.2. The maximum atomic E-state index is 13.8. The topological polar surface area (TPSA) is 126 Å². The molecule has 0 fully saturated rings. The number of rotatable bonds is 9. The Labute approximate surface area is 222 Å². The Morgan fingerprint density at radius 2 is 1.85 bits per heavy atom. The van der Waals surface area contributed by atoms with Crippen LogP contribution in [0.4, 0.5) is 14.5 Å². The molecule has 0 aliphatic rings. The number of anilines is 1. The SMILES string of the molecule is C[C@@H](N)COc1cnc2ccc(-c3[nH]c(CNc4ccc(F)c(C(=O)O)c4)nc3-c3ccc(F)cc3)cc2c1. The van der Waals surface area contributed by atoms with Crippen LogP contribution >= 0.6 is 0 Å². The molecule has 1 atom stereocenters. The molecule has 0 radical (unpaired) electrons. The second-order valence-corrected chi connectivity index (χ2v) is 9.13. The Morgan fingerprint density at radius 1 is 1.08 bits per heavy atom. The number of nitrogens with two attached hydrogens (primary N) is 1. The molecular weight excluding hydrogens is 504 g/mol. The number of aromatic nitrogens is 3. The normalized spacial score (nSPS) is 11.9. The standard InChI is InChI=1S/C29H25F2N5O3/c1-16(32)15-39-22-11-19-10-18(4-9-25(19)34-13-22)28-27(17-2-5-20(30)6-3-17)35-26(36-28)14-33-21-7-8-24(31)23(12-21)29(37)38/h2-13,16,33H,14-15,32H2,1H3,(H,35,36)(H,37,38)/t16-/m1/s1. The summed E-state index contributed by atoms with van der Waals surface area (Å²) in [4.78, 5) is 23.8. The molecule has 0 bridgehead atoms. The molecule has 2 heterocycles. The minimum atomic E-state index is -1.35. The molecule has 0 saturated carbocycles. The van der Waals surface area contributed by atoms with Crippen LogP contribution < -0.4 is 15.8 Å². The summed E-state index contributed by atoms with van der Waals surface area (Å²) in [6.45, 7) is 2.42. The van der Waals surface area contributed by atoms with E-state index >= 15 is 0 Å². The lowest BCUT2D eigenvalue weighted by Gasteiger charge is -2.10. The van der Waals surface area contributed by atoms with E-state index in [4.69, 9.17) is 15.5 Å². The molecule has 39 heavy (non-hydrogen) atoms. The second-order valence-electron chi connectivity index (χ2n) is 9.13. The number of carboxylic acids is 1. The number of aromatic carboxylic acids is 1. The van der Waals surface area contributed by atoms with Crippen LogP contribution in [0.1, 0.15) is 23.1 Å². The van der Waals surface area contributed by atoms with Crippen LogP contribution in [0.15, 0.2) is 72.9 Å². The van der Waals surface area contributed by atoms with Crippen molar-refractivity contribution >= 4 is 22.6 Å². The molecule has 0 unspecified atom stereocenters. The molecule has 0 saturated heterocycles. The molecule has 0 aliphatic carbocycles. The van der Waals surface area contributed by atoms with Crippen molar-refractivity contribution in [2.45, 2.75) is 19.5 Å². The van der Waals surface area contributed by atoms with E-state index in [1.165, 1.54) is 24.3 Å². The van der Waals surface area contributed by atoms with Crippen molar-refractivity contribution in [2.75, 3.05) is 11.9 Å². The average Bonchev–Trinajstić information content (AvgIpc) is 3.35. The average molecular weight is 530 g/mol. The van der Waals surface area contributed by atoms with E-state index in [1.54, 1.807) is 18.3 Å². The Kier molecular flexibility index (Phi) is 7.20. The molecule has 198 valence electrons. The van der Waals surface area contributed by atoms with Gasteiger partial charge in [0.2, 0.25) is 0 Å². The van der Waals surface area contributed by atoms with Crippen LogP contribution in [0.3, 0.4) is 0 Å². The summed E-state index contributed by atoms with van der Waals surface area (Å²) >= 11 is 0. The van der Waals surface area contributed by atoms with Gasteiger partial charge in [0, 0.05) is 28.2 Å². The first-order chi connectivity index (χ1) is 18.8. The van der Waals surface area contributed by atoms with Crippen molar-refractivity contribution in [3.63, 3.8) is 0 Å². The third kappa shape index (κ3) is 5.86. The quantitative estimate of drug-likeness (QED) is 0.196. The van der Waals surface area contributed by atoms with Crippen molar-refractivity contribution in [1.29, 1.82) is 0 Å². The fourth-order valence-corrected chi connectivity index (χ4v) is 4.09. The lowest BCUT2D eigenvalue weighted by Crippen LogP contribution is -2.23. The van der Waals surface area contributed by atoms with Crippen molar-refractivity contribution in [2.24, 2.45) is 5.73 Å². The summed E-state index contributed by atoms with van der Waals surface area (Å²) in [7, 11) is 0. The number of imidazole rings is 1. The molecule has 0 aliphatic heterocycles. The van der Waals surface area contributed by atoms with Gasteiger partial charge in [-0.05, 0) is 67.6 Å². The number of fused-ring (bicyclic) bond motifs is 1. The minimum Gasteiger partial charge on any atom is -0.490 e. The number of benzene rings is 3. The minimum absolute atomic E-state index is 0.118. The number of aromatic amines is 1. The van der Waals surface area contributed by atoms with Gasteiger partial charge in [-0.3, -0.25) is 4.98 Å².